The first-order valence-electron chi connectivity index (χ1n) is 8.54. The maximum Gasteiger partial charge on any atom is 0.431 e. The molecule has 0 atom stereocenters. The monoisotopic (exact) mass is 404 g/mol. The lowest BCUT2D eigenvalue weighted by molar-refractivity contribution is -0.0933. The Kier molecular flexibility index (Phi) is 6.66. The first-order valence-corrected chi connectivity index (χ1v) is 10.1. The number of nitrogens with one attached hydrogen (secondary N) is 1. The van der Waals surface area contributed by atoms with Crippen LogP contribution in [0.3, 0.4) is 0 Å². The normalized spacial score (nSPS) is 19.4. The summed E-state index contributed by atoms with van der Waals surface area (Å²) in [7, 11) is -3.90. The van der Waals surface area contributed by atoms with Gasteiger partial charge in [-0.3, -0.25) is 4.99 Å². The van der Waals surface area contributed by atoms with Gasteiger partial charge in [-0.15, -0.1) is 0 Å². The van der Waals surface area contributed by atoms with E-state index in [0.717, 1.165) is 0 Å². The minimum Gasteiger partial charge on any atom is -0.394 e. The number of hydrogen-bond donors (Lipinski definition) is 3. The number of rotatable bonds is 5. The van der Waals surface area contributed by atoms with Crippen molar-refractivity contribution in [1.29, 1.82) is 0 Å². The highest BCUT2D eigenvalue weighted by molar-refractivity contribution is 7.89. The van der Waals surface area contributed by atoms with Crippen LogP contribution < -0.4 is 16.2 Å². The van der Waals surface area contributed by atoms with Gasteiger partial charge in [-0.25, -0.2) is 13.6 Å². The zero-order valence-electron chi connectivity index (χ0n) is 14.9. The quantitative estimate of drug-likeness (QED) is 0.701. The van der Waals surface area contributed by atoms with Gasteiger partial charge in [0.25, 0.3) is 0 Å². The number of halogens is 3. The van der Waals surface area contributed by atoms with Crippen LogP contribution in [0.15, 0.2) is 39.4 Å². The first-order chi connectivity index (χ1) is 12.5. The lowest BCUT2D eigenvalue weighted by Crippen LogP contribution is -2.26. The standard InChI is InChI=1S/C17H23F3N4O2S/c1-2-23-10-11-9-12(27(22,25)26)7-8-14(11)24-15-6-4-3-5-13(15)16(21)17(18,19)20/h7-9,23H,2-6,10,21H2,1H3,(H2,22,25,26). The molecule has 0 heterocycles. The summed E-state index contributed by atoms with van der Waals surface area (Å²) in [6, 6.07) is 4.13. The second-order valence-electron chi connectivity index (χ2n) is 6.27. The number of nitrogens with two attached hydrogens (primary N) is 2. The molecule has 5 N–H and O–H groups in total. The Bertz CT molecular complexity index is 861. The van der Waals surface area contributed by atoms with Crippen molar-refractivity contribution in [2.75, 3.05) is 6.54 Å². The number of nitrogens with zero attached hydrogens (tertiary/aromatic N) is 1. The third kappa shape index (κ3) is 5.53. The first kappa shape index (κ1) is 21.4. The lowest BCUT2D eigenvalue weighted by atomic mass is 9.91. The van der Waals surface area contributed by atoms with Crippen molar-refractivity contribution in [1.82, 2.24) is 5.32 Å². The van der Waals surface area contributed by atoms with Gasteiger partial charge in [-0.2, -0.15) is 13.2 Å². The molecule has 1 saturated carbocycles. The van der Waals surface area contributed by atoms with Gasteiger partial charge < -0.3 is 11.1 Å². The second kappa shape index (κ2) is 8.41. The summed E-state index contributed by atoms with van der Waals surface area (Å²) in [4.78, 5) is 4.34. The van der Waals surface area contributed by atoms with E-state index in [2.05, 4.69) is 10.3 Å². The Labute approximate surface area is 156 Å². The molecule has 0 bridgehead atoms. The fraction of sp³-hybridized carbons (Fsp3) is 0.471. The number of benzene rings is 1. The zero-order chi connectivity index (χ0) is 20.2. The van der Waals surface area contributed by atoms with Crippen LogP contribution in [-0.2, 0) is 16.6 Å². The average molecular weight is 404 g/mol. The van der Waals surface area contributed by atoms with E-state index in [1.807, 2.05) is 6.92 Å². The van der Waals surface area contributed by atoms with Crippen LogP contribution in [0.25, 0.3) is 0 Å². The number of primary sulfonamides is 1. The highest BCUT2D eigenvalue weighted by Crippen LogP contribution is 2.33. The molecule has 1 aromatic rings. The molecule has 27 heavy (non-hydrogen) atoms. The van der Waals surface area contributed by atoms with Crippen LogP contribution in [0.1, 0.15) is 38.2 Å². The van der Waals surface area contributed by atoms with E-state index in [1.54, 1.807) is 0 Å². The molecule has 0 saturated heterocycles. The average Bonchev–Trinajstić information content (AvgIpc) is 2.59. The van der Waals surface area contributed by atoms with Gasteiger partial charge in [0, 0.05) is 17.8 Å². The van der Waals surface area contributed by atoms with E-state index >= 15 is 0 Å². The Balaban J connectivity index is 2.54. The predicted molar refractivity (Wildman–Crippen MR) is 98.0 cm³/mol. The van der Waals surface area contributed by atoms with Crippen molar-refractivity contribution in [3.8, 4) is 0 Å². The molecule has 0 amide bonds. The Morgan fingerprint density at radius 2 is 1.93 bits per heavy atom. The summed E-state index contributed by atoms with van der Waals surface area (Å²) < 4.78 is 62.3. The van der Waals surface area contributed by atoms with Crippen LogP contribution in [0.2, 0.25) is 0 Å². The van der Waals surface area contributed by atoms with E-state index in [4.69, 9.17) is 10.9 Å². The topological polar surface area (TPSA) is 111 Å². The molecule has 2 rings (SSSR count). The molecular weight excluding hydrogens is 381 g/mol. The van der Waals surface area contributed by atoms with Gasteiger partial charge in [0.05, 0.1) is 10.6 Å². The van der Waals surface area contributed by atoms with E-state index in [9.17, 15) is 21.6 Å². The lowest BCUT2D eigenvalue weighted by Gasteiger charge is -2.21. The van der Waals surface area contributed by atoms with Crippen molar-refractivity contribution in [3.63, 3.8) is 0 Å². The minimum atomic E-state index is -4.61. The van der Waals surface area contributed by atoms with Crippen molar-refractivity contribution in [2.45, 2.75) is 50.2 Å². The van der Waals surface area contributed by atoms with Crippen molar-refractivity contribution in [2.24, 2.45) is 15.9 Å². The molecule has 0 unspecified atom stereocenters. The fourth-order valence-corrected chi connectivity index (χ4v) is 3.43. The molecule has 0 spiro atoms. The van der Waals surface area contributed by atoms with Crippen molar-refractivity contribution in [3.05, 3.63) is 35.0 Å². The summed E-state index contributed by atoms with van der Waals surface area (Å²) in [5.74, 6) is 0. The van der Waals surface area contributed by atoms with Gasteiger partial charge in [0.2, 0.25) is 10.0 Å². The highest BCUT2D eigenvalue weighted by Gasteiger charge is 2.35. The zero-order valence-corrected chi connectivity index (χ0v) is 15.8. The van der Waals surface area contributed by atoms with Crippen molar-refractivity contribution < 1.29 is 21.6 Å². The third-order valence-corrected chi connectivity index (χ3v) is 5.18. The Morgan fingerprint density at radius 1 is 1.26 bits per heavy atom. The molecule has 1 aromatic carbocycles. The number of aliphatic imine (C=N–C) groups is 1. The molecule has 1 aliphatic rings. The maximum absolute atomic E-state index is 13.0. The molecule has 0 radical (unpaired) electrons. The van der Waals surface area contributed by atoms with Gasteiger partial charge in [-0.1, -0.05) is 6.92 Å². The van der Waals surface area contributed by atoms with Crippen LogP contribution in [0.4, 0.5) is 18.9 Å². The predicted octanol–water partition coefficient (Wildman–Crippen LogP) is 2.87. The fourth-order valence-electron chi connectivity index (χ4n) is 2.87. The molecule has 0 aliphatic heterocycles. The molecule has 6 nitrogen and oxygen atoms in total. The summed E-state index contributed by atoms with van der Waals surface area (Å²) in [6.07, 6.45) is -2.70. The van der Waals surface area contributed by atoms with Crippen molar-refractivity contribution >= 4 is 21.4 Å². The third-order valence-electron chi connectivity index (χ3n) is 4.27. The minimum absolute atomic E-state index is 0.0127. The van der Waals surface area contributed by atoms with Gasteiger partial charge in [0.1, 0.15) is 5.70 Å². The largest absolute Gasteiger partial charge is 0.431 e. The van der Waals surface area contributed by atoms with E-state index < -0.39 is 21.9 Å². The number of allylic oxidation sites excluding steroid dienone is 2. The maximum atomic E-state index is 13.0. The molecule has 0 aromatic heterocycles. The van der Waals surface area contributed by atoms with Crippen LogP contribution in [0.5, 0.6) is 0 Å². The van der Waals surface area contributed by atoms with Gasteiger partial charge in [0.15, 0.2) is 0 Å². The molecule has 1 fully saturated rings. The Morgan fingerprint density at radius 3 is 2.52 bits per heavy atom. The molecular formula is C17H23F3N4O2S. The van der Waals surface area contributed by atoms with Gasteiger partial charge >= 0.3 is 6.18 Å². The molecule has 10 heteroatoms. The van der Waals surface area contributed by atoms with Gasteiger partial charge in [-0.05, 0) is 56.0 Å². The van der Waals surface area contributed by atoms with Crippen LogP contribution in [-0.4, -0.2) is 26.9 Å². The van der Waals surface area contributed by atoms with E-state index in [0.29, 0.717) is 43.6 Å². The summed E-state index contributed by atoms with van der Waals surface area (Å²) in [6.45, 7) is 2.81. The van der Waals surface area contributed by atoms with E-state index in [1.165, 1.54) is 18.2 Å². The molecule has 150 valence electrons. The Hall–Kier alpha value is -1.91. The summed E-state index contributed by atoms with van der Waals surface area (Å²) in [5, 5.41) is 8.22. The van der Waals surface area contributed by atoms with Crippen LogP contribution >= 0.6 is 0 Å². The molecule has 1 aliphatic carbocycles. The number of sulfonamides is 1. The smallest absolute Gasteiger partial charge is 0.394 e. The second-order valence-corrected chi connectivity index (χ2v) is 7.83. The SMILES string of the molecule is CCNCc1cc(S(N)(=O)=O)ccc1N=C1CCCCC1=C(N)C(F)(F)F. The summed E-state index contributed by atoms with van der Waals surface area (Å²) >= 11 is 0. The number of alkyl halides is 3. The summed E-state index contributed by atoms with van der Waals surface area (Å²) in [5.41, 5.74) is 5.45. The highest BCUT2D eigenvalue weighted by atomic mass is 32.2. The van der Waals surface area contributed by atoms with Crippen LogP contribution in [0, 0.1) is 0 Å². The van der Waals surface area contributed by atoms with E-state index in [-0.39, 0.29) is 22.6 Å². The number of hydrogen-bond acceptors (Lipinski definition) is 5.